The molecule has 4 N–H and O–H groups in total. The number of carbonyl (C=O) groups excluding carboxylic acids is 1. The van der Waals surface area contributed by atoms with Crippen LogP contribution < -0.4 is 16.4 Å². The quantitative estimate of drug-likeness (QED) is 0.488. The van der Waals surface area contributed by atoms with Crippen molar-refractivity contribution in [3.05, 3.63) is 57.7 Å². The molecule has 2 aromatic carbocycles. The Morgan fingerprint density at radius 1 is 1.20 bits per heavy atom. The minimum Gasteiger partial charge on any atom is -0.399 e. The van der Waals surface area contributed by atoms with Crippen molar-refractivity contribution in [2.24, 2.45) is 0 Å². The zero-order valence-corrected chi connectivity index (χ0v) is 14.5. The molecule has 1 heterocycles. The average Bonchev–Trinajstić information content (AvgIpc) is 2.81. The summed E-state index contributed by atoms with van der Waals surface area (Å²) < 4.78 is 38.4. The van der Waals surface area contributed by atoms with E-state index in [1.54, 1.807) is 25.1 Å². The number of hydrogen-bond donors (Lipinski definition) is 3. The third-order valence-corrected chi connectivity index (χ3v) is 4.43. The molecule has 0 saturated carbocycles. The van der Waals surface area contributed by atoms with Crippen molar-refractivity contribution in [1.82, 2.24) is 0 Å². The molecule has 0 fully saturated rings. The van der Waals surface area contributed by atoms with Crippen molar-refractivity contribution in [2.45, 2.75) is 13.1 Å². The van der Waals surface area contributed by atoms with Gasteiger partial charge in [-0.3, -0.25) is 4.79 Å². The molecule has 0 radical (unpaired) electrons. The normalized spacial score (nSPS) is 15.6. The Balaban J connectivity index is 1.96. The molecule has 4 nitrogen and oxygen atoms in total. The van der Waals surface area contributed by atoms with Gasteiger partial charge in [-0.05, 0) is 43.3 Å². The summed E-state index contributed by atoms with van der Waals surface area (Å²) in [6, 6.07) is 8.67. The van der Waals surface area contributed by atoms with Crippen molar-refractivity contribution in [1.29, 1.82) is 0 Å². The van der Waals surface area contributed by atoms with Gasteiger partial charge in [-0.2, -0.15) is 13.2 Å². The van der Waals surface area contributed by atoms with Gasteiger partial charge in [-0.15, -0.1) is 0 Å². The summed E-state index contributed by atoms with van der Waals surface area (Å²) >= 11 is 2.93. The minimum absolute atomic E-state index is 0.0803. The standard InChI is InChI=1S/C17H13BrF3N3O/c1-8(15-11-6-9(22)2-5-14(11)24-16(15)25)23-10-3-4-12(13(18)7-10)17(19,20)21/h2-7,23H,22H2,1H3,(H,24,25)/b15-8-. The molecule has 0 atom stereocenters. The SMILES string of the molecule is C/C(Nc1ccc(C(F)(F)F)c(Br)c1)=C1/C(=O)Nc2ccc(N)cc21. The number of anilines is 3. The van der Waals surface area contributed by atoms with Gasteiger partial charge in [0.25, 0.3) is 5.91 Å². The Morgan fingerprint density at radius 2 is 1.92 bits per heavy atom. The molecule has 0 spiro atoms. The highest BCUT2D eigenvalue weighted by Crippen LogP contribution is 2.38. The number of allylic oxidation sites excluding steroid dienone is 1. The number of nitrogens with two attached hydrogens (primary N) is 1. The highest BCUT2D eigenvalue weighted by molar-refractivity contribution is 9.10. The van der Waals surface area contributed by atoms with E-state index in [4.69, 9.17) is 5.73 Å². The van der Waals surface area contributed by atoms with Crippen molar-refractivity contribution in [3.63, 3.8) is 0 Å². The second kappa shape index (κ2) is 6.11. The molecule has 1 aliphatic heterocycles. The minimum atomic E-state index is -4.44. The van der Waals surface area contributed by atoms with Crippen LogP contribution in [0, 0.1) is 0 Å². The monoisotopic (exact) mass is 411 g/mol. The highest BCUT2D eigenvalue weighted by atomic mass is 79.9. The van der Waals surface area contributed by atoms with Crippen LogP contribution in [0.1, 0.15) is 18.1 Å². The number of rotatable bonds is 2. The highest BCUT2D eigenvalue weighted by Gasteiger charge is 2.33. The lowest BCUT2D eigenvalue weighted by molar-refractivity contribution is -0.138. The first-order valence-corrected chi connectivity index (χ1v) is 8.02. The van der Waals surface area contributed by atoms with E-state index in [0.717, 1.165) is 6.07 Å². The number of nitrogen functional groups attached to an aromatic ring is 1. The second-order valence-electron chi connectivity index (χ2n) is 5.58. The zero-order chi connectivity index (χ0) is 18.4. The maximum absolute atomic E-state index is 12.8. The molecule has 130 valence electrons. The van der Waals surface area contributed by atoms with Gasteiger partial charge in [0.1, 0.15) is 0 Å². The molecule has 25 heavy (non-hydrogen) atoms. The van der Waals surface area contributed by atoms with E-state index < -0.39 is 11.7 Å². The number of benzene rings is 2. The topological polar surface area (TPSA) is 67.2 Å². The van der Waals surface area contributed by atoms with E-state index in [0.29, 0.717) is 33.9 Å². The fraction of sp³-hybridized carbons (Fsp3) is 0.118. The maximum atomic E-state index is 12.8. The van der Waals surface area contributed by atoms with Crippen LogP contribution >= 0.6 is 15.9 Å². The first-order chi connectivity index (χ1) is 11.7. The summed E-state index contributed by atoms with van der Waals surface area (Å²) in [5.74, 6) is -0.295. The molecule has 2 aromatic rings. The number of fused-ring (bicyclic) bond motifs is 1. The first-order valence-electron chi connectivity index (χ1n) is 7.22. The van der Waals surface area contributed by atoms with Crippen LogP contribution in [0.4, 0.5) is 30.2 Å². The number of nitrogens with one attached hydrogen (secondary N) is 2. The van der Waals surface area contributed by atoms with E-state index in [-0.39, 0.29) is 10.4 Å². The Morgan fingerprint density at radius 3 is 2.56 bits per heavy atom. The summed E-state index contributed by atoms with van der Waals surface area (Å²) in [5.41, 5.74) is 8.15. The van der Waals surface area contributed by atoms with Gasteiger partial charge in [0.2, 0.25) is 0 Å². The summed E-state index contributed by atoms with van der Waals surface area (Å²) in [6.07, 6.45) is -4.44. The molecule has 1 aliphatic rings. The largest absolute Gasteiger partial charge is 0.417 e. The summed E-state index contributed by atoms with van der Waals surface area (Å²) in [6.45, 7) is 1.68. The number of hydrogen-bond acceptors (Lipinski definition) is 3. The van der Waals surface area contributed by atoms with E-state index in [9.17, 15) is 18.0 Å². The van der Waals surface area contributed by atoms with Gasteiger partial charge >= 0.3 is 6.18 Å². The fourth-order valence-electron chi connectivity index (χ4n) is 2.66. The Bertz CT molecular complexity index is 906. The van der Waals surface area contributed by atoms with Gasteiger partial charge < -0.3 is 16.4 Å². The molecule has 0 bridgehead atoms. The van der Waals surface area contributed by atoms with Crippen LogP contribution in [0.3, 0.4) is 0 Å². The molecule has 3 rings (SSSR count). The van der Waals surface area contributed by atoms with Crippen molar-refractivity contribution in [3.8, 4) is 0 Å². The van der Waals surface area contributed by atoms with Crippen LogP contribution in [-0.4, -0.2) is 5.91 Å². The lowest BCUT2D eigenvalue weighted by atomic mass is 10.0. The van der Waals surface area contributed by atoms with Crippen LogP contribution in [-0.2, 0) is 11.0 Å². The van der Waals surface area contributed by atoms with Crippen molar-refractivity contribution < 1.29 is 18.0 Å². The molecule has 1 amide bonds. The number of alkyl halides is 3. The lowest BCUT2D eigenvalue weighted by Crippen LogP contribution is -2.09. The summed E-state index contributed by atoms with van der Waals surface area (Å²) in [5, 5.41) is 5.71. The number of halogens is 4. The van der Waals surface area contributed by atoms with Gasteiger partial charge in [-0.25, -0.2) is 0 Å². The molecular weight excluding hydrogens is 399 g/mol. The maximum Gasteiger partial charge on any atom is 0.417 e. The van der Waals surface area contributed by atoms with E-state index in [1.807, 2.05) is 0 Å². The van der Waals surface area contributed by atoms with E-state index in [2.05, 4.69) is 26.6 Å². The Kier molecular flexibility index (Phi) is 4.24. The van der Waals surface area contributed by atoms with Gasteiger partial charge in [-0.1, -0.05) is 15.9 Å². The fourth-order valence-corrected chi connectivity index (χ4v) is 3.26. The molecule has 0 aromatic heterocycles. The third-order valence-electron chi connectivity index (χ3n) is 3.77. The van der Waals surface area contributed by atoms with Gasteiger partial charge in [0.15, 0.2) is 0 Å². The summed E-state index contributed by atoms with van der Waals surface area (Å²) in [4.78, 5) is 12.2. The summed E-state index contributed by atoms with van der Waals surface area (Å²) in [7, 11) is 0. The number of amides is 1. The van der Waals surface area contributed by atoms with Crippen molar-refractivity contribution >= 4 is 44.5 Å². The van der Waals surface area contributed by atoms with Crippen LogP contribution in [0.5, 0.6) is 0 Å². The molecule has 0 unspecified atom stereocenters. The first kappa shape index (κ1) is 17.3. The number of carbonyl (C=O) groups is 1. The molecule has 8 heteroatoms. The molecular formula is C17H13BrF3N3O. The third kappa shape index (κ3) is 3.34. The van der Waals surface area contributed by atoms with Gasteiger partial charge in [0, 0.05) is 32.8 Å². The Hall–Kier alpha value is -2.48. The Labute approximate surface area is 150 Å². The molecule has 0 aliphatic carbocycles. The van der Waals surface area contributed by atoms with Crippen LogP contribution in [0.2, 0.25) is 0 Å². The van der Waals surface area contributed by atoms with Crippen LogP contribution in [0.25, 0.3) is 5.57 Å². The average molecular weight is 412 g/mol. The molecule has 0 saturated heterocycles. The second-order valence-corrected chi connectivity index (χ2v) is 6.43. The zero-order valence-electron chi connectivity index (χ0n) is 13.0. The van der Waals surface area contributed by atoms with Crippen molar-refractivity contribution in [2.75, 3.05) is 16.4 Å². The van der Waals surface area contributed by atoms with E-state index in [1.165, 1.54) is 12.1 Å². The smallest absolute Gasteiger partial charge is 0.399 e. The van der Waals surface area contributed by atoms with Crippen LogP contribution in [0.15, 0.2) is 46.6 Å². The lowest BCUT2D eigenvalue weighted by Gasteiger charge is -2.13. The van der Waals surface area contributed by atoms with E-state index >= 15 is 0 Å². The predicted octanol–water partition coefficient (Wildman–Crippen LogP) is 4.85. The van der Waals surface area contributed by atoms with Gasteiger partial charge in [0.05, 0.1) is 11.1 Å². The predicted molar refractivity (Wildman–Crippen MR) is 94.8 cm³/mol.